The number of benzene rings is 1. The van der Waals surface area contributed by atoms with Crippen molar-refractivity contribution >= 4 is 22.8 Å². The van der Waals surface area contributed by atoms with Crippen LogP contribution in [0.15, 0.2) is 24.3 Å². The van der Waals surface area contributed by atoms with E-state index in [1.807, 2.05) is 32.0 Å². The highest BCUT2D eigenvalue weighted by Gasteiger charge is 2.35. The van der Waals surface area contributed by atoms with E-state index in [0.717, 1.165) is 22.9 Å². The number of hydrogen-bond acceptors (Lipinski definition) is 3. The van der Waals surface area contributed by atoms with Crippen molar-refractivity contribution in [3.05, 3.63) is 35.5 Å². The van der Waals surface area contributed by atoms with Gasteiger partial charge in [-0.15, -0.1) is 0 Å². The Morgan fingerprint density at radius 3 is 2.68 bits per heavy atom. The van der Waals surface area contributed by atoms with Crippen LogP contribution in [0.2, 0.25) is 0 Å². The molecule has 2 aromatic rings. The summed E-state index contributed by atoms with van der Waals surface area (Å²) < 4.78 is 4.82. The molecule has 0 aliphatic carbocycles. The van der Waals surface area contributed by atoms with Crippen LogP contribution < -0.4 is 5.32 Å². The van der Waals surface area contributed by atoms with Crippen molar-refractivity contribution in [1.29, 1.82) is 0 Å². The van der Waals surface area contributed by atoms with Gasteiger partial charge in [-0.05, 0) is 38.0 Å². The van der Waals surface area contributed by atoms with Crippen LogP contribution in [-0.2, 0) is 9.53 Å². The maximum atomic E-state index is 12.5. The number of carbonyl (C=O) groups excluding carboxylic acids is 2. The molecule has 1 aromatic heterocycles. The van der Waals surface area contributed by atoms with Crippen molar-refractivity contribution in [2.45, 2.75) is 39.2 Å². The molecule has 1 aromatic carbocycles. The first-order valence-electron chi connectivity index (χ1n) is 7.40. The molecule has 0 spiro atoms. The Balaban J connectivity index is 2.27. The summed E-state index contributed by atoms with van der Waals surface area (Å²) in [4.78, 5) is 27.5. The van der Waals surface area contributed by atoms with E-state index in [-0.39, 0.29) is 5.91 Å². The van der Waals surface area contributed by atoms with E-state index in [2.05, 4.69) is 10.3 Å². The summed E-state index contributed by atoms with van der Waals surface area (Å²) in [5.41, 5.74) is 1.44. The van der Waals surface area contributed by atoms with Crippen molar-refractivity contribution in [2.75, 3.05) is 7.11 Å². The van der Waals surface area contributed by atoms with Gasteiger partial charge in [0.15, 0.2) is 0 Å². The summed E-state index contributed by atoms with van der Waals surface area (Å²) in [7, 11) is 1.33. The third-order valence-corrected chi connectivity index (χ3v) is 3.80. The Morgan fingerprint density at radius 1 is 1.32 bits per heavy atom. The number of methoxy groups -OCH3 is 1. The molecular weight excluding hydrogens is 280 g/mol. The molecule has 1 unspecified atom stereocenters. The first-order chi connectivity index (χ1) is 10.4. The molecule has 2 N–H and O–H groups in total. The maximum Gasteiger partial charge on any atom is 0.331 e. The second-order valence-electron chi connectivity index (χ2n) is 5.80. The Morgan fingerprint density at radius 2 is 2.05 bits per heavy atom. The number of rotatable bonds is 5. The van der Waals surface area contributed by atoms with Gasteiger partial charge in [-0.25, -0.2) is 4.79 Å². The zero-order chi connectivity index (χ0) is 16.3. The second kappa shape index (κ2) is 6.22. The zero-order valence-electron chi connectivity index (χ0n) is 13.4. The van der Waals surface area contributed by atoms with E-state index in [0.29, 0.717) is 12.1 Å². The Hall–Kier alpha value is -2.30. The molecule has 118 valence electrons. The van der Waals surface area contributed by atoms with Gasteiger partial charge >= 0.3 is 5.97 Å². The number of hydrogen-bond donors (Lipinski definition) is 2. The van der Waals surface area contributed by atoms with Gasteiger partial charge in [-0.3, -0.25) is 4.79 Å². The van der Waals surface area contributed by atoms with Gasteiger partial charge in [0, 0.05) is 10.9 Å². The fourth-order valence-electron chi connectivity index (χ4n) is 2.62. The van der Waals surface area contributed by atoms with Crippen molar-refractivity contribution in [2.24, 2.45) is 0 Å². The minimum absolute atomic E-state index is 0.310. The van der Waals surface area contributed by atoms with Crippen molar-refractivity contribution < 1.29 is 14.3 Å². The van der Waals surface area contributed by atoms with E-state index in [1.165, 1.54) is 7.11 Å². The molecule has 0 saturated carbocycles. The van der Waals surface area contributed by atoms with Gasteiger partial charge in [0.2, 0.25) is 0 Å². The van der Waals surface area contributed by atoms with Crippen LogP contribution in [0.5, 0.6) is 0 Å². The fraction of sp³-hybridized carbons (Fsp3) is 0.412. The number of aryl methyl sites for hydroxylation is 1. The molecule has 0 radical (unpaired) electrons. The van der Waals surface area contributed by atoms with Crippen molar-refractivity contribution in [3.8, 4) is 0 Å². The van der Waals surface area contributed by atoms with Crippen LogP contribution in [0.1, 0.15) is 42.7 Å². The number of aromatic nitrogens is 1. The SMILES string of the molecule is CCCC(C)(NC(=O)c1cc2ccc(C)cc2[nH]1)C(=O)OC. The highest BCUT2D eigenvalue weighted by molar-refractivity contribution is 6.00. The van der Waals surface area contributed by atoms with Crippen LogP contribution in [0.25, 0.3) is 10.9 Å². The minimum atomic E-state index is -1.02. The third kappa shape index (κ3) is 3.13. The largest absolute Gasteiger partial charge is 0.467 e. The molecule has 5 nitrogen and oxygen atoms in total. The fourth-order valence-corrected chi connectivity index (χ4v) is 2.62. The zero-order valence-corrected chi connectivity index (χ0v) is 13.4. The van der Waals surface area contributed by atoms with Gasteiger partial charge < -0.3 is 15.0 Å². The topological polar surface area (TPSA) is 71.2 Å². The lowest BCUT2D eigenvalue weighted by molar-refractivity contribution is -0.147. The summed E-state index contributed by atoms with van der Waals surface area (Å²) in [5, 5.41) is 3.76. The molecule has 2 rings (SSSR count). The quantitative estimate of drug-likeness (QED) is 0.834. The summed E-state index contributed by atoms with van der Waals surface area (Å²) in [6, 6.07) is 7.72. The molecule has 0 aliphatic heterocycles. The van der Waals surface area contributed by atoms with Crippen molar-refractivity contribution in [1.82, 2.24) is 10.3 Å². The van der Waals surface area contributed by atoms with Crippen LogP contribution in [0.4, 0.5) is 0 Å². The summed E-state index contributed by atoms with van der Waals surface area (Å²) in [5.74, 6) is -0.746. The summed E-state index contributed by atoms with van der Waals surface area (Å²) >= 11 is 0. The molecule has 0 aliphatic rings. The number of nitrogens with one attached hydrogen (secondary N) is 2. The average Bonchev–Trinajstić information content (AvgIpc) is 2.89. The molecule has 5 heteroatoms. The van der Waals surface area contributed by atoms with Crippen LogP contribution >= 0.6 is 0 Å². The predicted molar refractivity (Wildman–Crippen MR) is 85.8 cm³/mol. The van der Waals surface area contributed by atoms with E-state index in [9.17, 15) is 9.59 Å². The lowest BCUT2D eigenvalue weighted by Gasteiger charge is -2.27. The number of ether oxygens (including phenoxy) is 1. The first kappa shape index (κ1) is 16.1. The number of H-pyrrole nitrogens is 1. The minimum Gasteiger partial charge on any atom is -0.467 e. The smallest absolute Gasteiger partial charge is 0.331 e. The number of carbonyl (C=O) groups is 2. The molecule has 1 heterocycles. The van der Waals surface area contributed by atoms with Gasteiger partial charge in [-0.2, -0.15) is 0 Å². The number of aromatic amines is 1. The molecular formula is C17H22N2O3. The Kier molecular flexibility index (Phi) is 4.54. The van der Waals surface area contributed by atoms with Crippen LogP contribution in [0.3, 0.4) is 0 Å². The monoisotopic (exact) mass is 302 g/mol. The number of amides is 1. The molecule has 0 fully saturated rings. The normalized spacial score (nSPS) is 13.6. The Labute approximate surface area is 130 Å². The standard InChI is InChI=1S/C17H22N2O3/c1-5-8-17(3,16(21)22-4)19-15(20)14-10-12-7-6-11(2)9-13(12)18-14/h6-7,9-10,18H,5,8H2,1-4H3,(H,19,20). The van der Waals surface area contributed by atoms with E-state index in [1.54, 1.807) is 13.0 Å². The summed E-state index contributed by atoms with van der Waals surface area (Å²) in [6.07, 6.45) is 1.28. The van der Waals surface area contributed by atoms with Gasteiger partial charge in [0.25, 0.3) is 5.91 Å². The van der Waals surface area contributed by atoms with Gasteiger partial charge in [0.1, 0.15) is 11.2 Å². The highest BCUT2D eigenvalue weighted by Crippen LogP contribution is 2.19. The lowest BCUT2D eigenvalue weighted by atomic mass is 9.96. The summed E-state index contributed by atoms with van der Waals surface area (Å²) in [6.45, 7) is 5.64. The molecule has 1 amide bonds. The molecule has 0 saturated heterocycles. The average molecular weight is 302 g/mol. The van der Waals surface area contributed by atoms with Crippen molar-refractivity contribution in [3.63, 3.8) is 0 Å². The first-order valence-corrected chi connectivity index (χ1v) is 7.40. The molecule has 1 atom stereocenters. The number of fused-ring (bicyclic) bond motifs is 1. The third-order valence-electron chi connectivity index (χ3n) is 3.80. The Bertz CT molecular complexity index is 705. The van der Waals surface area contributed by atoms with Gasteiger partial charge in [-0.1, -0.05) is 25.5 Å². The van der Waals surface area contributed by atoms with E-state index >= 15 is 0 Å². The lowest BCUT2D eigenvalue weighted by Crippen LogP contribution is -2.52. The second-order valence-corrected chi connectivity index (χ2v) is 5.80. The maximum absolute atomic E-state index is 12.5. The highest BCUT2D eigenvalue weighted by atomic mass is 16.5. The molecule has 22 heavy (non-hydrogen) atoms. The van der Waals surface area contributed by atoms with E-state index < -0.39 is 11.5 Å². The predicted octanol–water partition coefficient (Wildman–Crippen LogP) is 2.94. The van der Waals surface area contributed by atoms with Crippen LogP contribution in [-0.4, -0.2) is 29.5 Å². The molecule has 0 bridgehead atoms. The van der Waals surface area contributed by atoms with Crippen LogP contribution in [0, 0.1) is 6.92 Å². The van der Waals surface area contributed by atoms with E-state index in [4.69, 9.17) is 4.74 Å². The van der Waals surface area contributed by atoms with Gasteiger partial charge in [0.05, 0.1) is 7.11 Å². The number of esters is 1.